The van der Waals surface area contributed by atoms with Gasteiger partial charge < -0.3 is 25.2 Å². The van der Waals surface area contributed by atoms with Crippen molar-refractivity contribution >= 4 is 12.0 Å². The monoisotopic (exact) mass is 394 g/mol. The number of alkyl halides is 2. The van der Waals surface area contributed by atoms with E-state index in [4.69, 9.17) is 9.84 Å². The van der Waals surface area contributed by atoms with Gasteiger partial charge in [-0.05, 0) is 30.7 Å². The first-order valence-electron chi connectivity index (χ1n) is 8.44. The number of ether oxygens (including phenoxy) is 2. The third kappa shape index (κ3) is 6.11. The van der Waals surface area contributed by atoms with E-state index < -0.39 is 18.6 Å². The minimum absolute atomic E-state index is 0.0489. The summed E-state index contributed by atoms with van der Waals surface area (Å²) in [6, 6.07) is 10.2. The van der Waals surface area contributed by atoms with Crippen molar-refractivity contribution in [3.05, 3.63) is 59.2 Å². The highest BCUT2D eigenvalue weighted by Crippen LogP contribution is 2.32. The number of rotatable bonds is 9. The fourth-order valence-corrected chi connectivity index (χ4v) is 2.38. The smallest absolute Gasteiger partial charge is 0.387 e. The lowest BCUT2D eigenvalue weighted by atomic mass is 10.1. The number of hydrogen-bond acceptors (Lipinski definition) is 4. The first-order chi connectivity index (χ1) is 13.4. The van der Waals surface area contributed by atoms with Crippen molar-refractivity contribution in [2.24, 2.45) is 0 Å². The summed E-state index contributed by atoms with van der Waals surface area (Å²) >= 11 is 0. The molecule has 28 heavy (non-hydrogen) atoms. The van der Waals surface area contributed by atoms with Crippen LogP contribution < -0.4 is 20.1 Å². The molecule has 0 bridgehead atoms. The Morgan fingerprint density at radius 2 is 1.75 bits per heavy atom. The SMILES string of the molecule is CCOc1cccc(CNC(=O)NCc2ccc(C(=O)O)cc2)c1OC(F)F. The normalized spacial score (nSPS) is 10.4. The Labute approximate surface area is 160 Å². The van der Waals surface area contributed by atoms with Crippen LogP contribution in [0.15, 0.2) is 42.5 Å². The second-order valence-corrected chi connectivity index (χ2v) is 5.59. The summed E-state index contributed by atoms with van der Waals surface area (Å²) in [6.45, 7) is -0.911. The zero-order valence-electron chi connectivity index (χ0n) is 15.1. The van der Waals surface area contributed by atoms with Gasteiger partial charge in [0.25, 0.3) is 0 Å². The standard InChI is InChI=1S/C19H20F2N2O5/c1-2-27-15-5-3-4-14(16(15)28-18(20)21)11-23-19(26)22-10-12-6-8-13(9-7-12)17(24)25/h3-9,18H,2,10-11H2,1H3,(H,24,25)(H2,22,23,26). The Bertz CT molecular complexity index is 812. The lowest BCUT2D eigenvalue weighted by Gasteiger charge is -2.16. The average Bonchev–Trinajstić information content (AvgIpc) is 2.66. The Kier molecular flexibility index (Phi) is 7.55. The number of para-hydroxylation sites is 1. The van der Waals surface area contributed by atoms with E-state index in [2.05, 4.69) is 15.4 Å². The summed E-state index contributed by atoms with van der Waals surface area (Å²) in [6.07, 6.45) is 0. The maximum atomic E-state index is 12.7. The van der Waals surface area contributed by atoms with E-state index in [0.717, 1.165) is 0 Å². The number of carboxylic acids is 1. The number of hydrogen-bond donors (Lipinski definition) is 3. The number of carbonyl (C=O) groups excluding carboxylic acids is 1. The van der Waals surface area contributed by atoms with Crippen LogP contribution in [0.3, 0.4) is 0 Å². The average molecular weight is 394 g/mol. The molecule has 0 aromatic heterocycles. The molecule has 0 aliphatic rings. The third-order valence-corrected chi connectivity index (χ3v) is 3.66. The van der Waals surface area contributed by atoms with Crippen LogP contribution in [0.2, 0.25) is 0 Å². The van der Waals surface area contributed by atoms with Gasteiger partial charge in [0.1, 0.15) is 0 Å². The second-order valence-electron chi connectivity index (χ2n) is 5.59. The van der Waals surface area contributed by atoms with Crippen molar-refractivity contribution in [2.45, 2.75) is 26.6 Å². The van der Waals surface area contributed by atoms with E-state index in [1.54, 1.807) is 31.2 Å². The Balaban J connectivity index is 1.94. The predicted octanol–water partition coefficient (Wildman–Crippen LogP) is 3.38. The number of amides is 2. The molecule has 0 atom stereocenters. The summed E-state index contributed by atoms with van der Waals surface area (Å²) < 4.78 is 35.2. The van der Waals surface area contributed by atoms with Crippen molar-refractivity contribution in [2.75, 3.05) is 6.61 Å². The van der Waals surface area contributed by atoms with Gasteiger partial charge in [-0.25, -0.2) is 9.59 Å². The zero-order chi connectivity index (χ0) is 20.5. The Morgan fingerprint density at radius 3 is 2.36 bits per heavy atom. The molecule has 3 N–H and O–H groups in total. The summed E-state index contributed by atoms with van der Waals surface area (Å²) in [4.78, 5) is 22.8. The predicted molar refractivity (Wildman–Crippen MR) is 96.7 cm³/mol. The minimum Gasteiger partial charge on any atom is -0.490 e. The topological polar surface area (TPSA) is 96.9 Å². The van der Waals surface area contributed by atoms with Crippen molar-refractivity contribution in [3.8, 4) is 11.5 Å². The van der Waals surface area contributed by atoms with Gasteiger partial charge in [-0.1, -0.05) is 24.3 Å². The lowest BCUT2D eigenvalue weighted by Crippen LogP contribution is -2.34. The number of carboxylic acid groups (broad SMARTS) is 1. The Hall–Kier alpha value is -3.36. The van der Waals surface area contributed by atoms with Crippen LogP contribution in [0.4, 0.5) is 13.6 Å². The van der Waals surface area contributed by atoms with E-state index in [0.29, 0.717) is 11.1 Å². The van der Waals surface area contributed by atoms with Gasteiger partial charge in [0.15, 0.2) is 11.5 Å². The fourth-order valence-electron chi connectivity index (χ4n) is 2.38. The molecule has 0 saturated heterocycles. The van der Waals surface area contributed by atoms with E-state index in [-0.39, 0.29) is 36.8 Å². The van der Waals surface area contributed by atoms with Gasteiger partial charge in [0, 0.05) is 18.7 Å². The van der Waals surface area contributed by atoms with Gasteiger partial charge in [0.2, 0.25) is 0 Å². The Morgan fingerprint density at radius 1 is 1.07 bits per heavy atom. The number of aromatic carboxylic acids is 1. The van der Waals surface area contributed by atoms with Crippen molar-refractivity contribution < 1.29 is 33.0 Å². The molecular weight excluding hydrogens is 374 g/mol. The summed E-state index contributed by atoms with van der Waals surface area (Å²) in [7, 11) is 0. The van der Waals surface area contributed by atoms with Crippen molar-refractivity contribution in [1.82, 2.24) is 10.6 Å². The second kappa shape index (κ2) is 10.1. The van der Waals surface area contributed by atoms with E-state index in [1.165, 1.54) is 18.2 Å². The number of halogens is 2. The molecule has 0 fully saturated rings. The molecule has 0 spiro atoms. The molecule has 2 rings (SSSR count). The first kappa shape index (κ1) is 20.9. The highest BCUT2D eigenvalue weighted by molar-refractivity contribution is 5.87. The molecule has 0 aliphatic heterocycles. The van der Waals surface area contributed by atoms with Crippen LogP contribution >= 0.6 is 0 Å². The first-order valence-corrected chi connectivity index (χ1v) is 8.44. The molecule has 0 aliphatic carbocycles. The minimum atomic E-state index is -3.03. The zero-order valence-corrected chi connectivity index (χ0v) is 15.1. The highest BCUT2D eigenvalue weighted by atomic mass is 19.3. The highest BCUT2D eigenvalue weighted by Gasteiger charge is 2.16. The maximum Gasteiger partial charge on any atom is 0.387 e. The van der Waals surface area contributed by atoms with Crippen LogP contribution in [0.25, 0.3) is 0 Å². The van der Waals surface area contributed by atoms with Crippen LogP contribution in [0.5, 0.6) is 11.5 Å². The van der Waals surface area contributed by atoms with E-state index in [1.807, 2.05) is 0 Å². The molecule has 2 aromatic carbocycles. The molecule has 2 aromatic rings. The number of carbonyl (C=O) groups is 2. The third-order valence-electron chi connectivity index (χ3n) is 3.66. The molecule has 150 valence electrons. The quantitative estimate of drug-likeness (QED) is 0.606. The van der Waals surface area contributed by atoms with Crippen molar-refractivity contribution in [3.63, 3.8) is 0 Å². The van der Waals surface area contributed by atoms with E-state index in [9.17, 15) is 18.4 Å². The number of benzene rings is 2. The molecule has 0 saturated carbocycles. The summed E-state index contributed by atoms with van der Waals surface area (Å²) in [5.41, 5.74) is 1.20. The summed E-state index contributed by atoms with van der Waals surface area (Å²) in [5.74, 6) is -0.988. The van der Waals surface area contributed by atoms with Crippen LogP contribution in [-0.2, 0) is 13.1 Å². The van der Waals surface area contributed by atoms with Crippen LogP contribution in [0.1, 0.15) is 28.4 Å². The maximum absolute atomic E-state index is 12.7. The molecule has 0 heterocycles. The fraction of sp³-hybridized carbons (Fsp3) is 0.263. The molecule has 2 amide bonds. The van der Waals surface area contributed by atoms with E-state index >= 15 is 0 Å². The number of nitrogens with one attached hydrogen (secondary N) is 2. The van der Waals surface area contributed by atoms with Gasteiger partial charge >= 0.3 is 18.6 Å². The molecule has 0 unspecified atom stereocenters. The van der Waals surface area contributed by atoms with Crippen molar-refractivity contribution in [1.29, 1.82) is 0 Å². The van der Waals surface area contributed by atoms with Gasteiger partial charge in [-0.3, -0.25) is 0 Å². The lowest BCUT2D eigenvalue weighted by molar-refractivity contribution is -0.0520. The largest absolute Gasteiger partial charge is 0.490 e. The molecule has 7 nitrogen and oxygen atoms in total. The van der Waals surface area contributed by atoms with Crippen LogP contribution in [-0.4, -0.2) is 30.3 Å². The van der Waals surface area contributed by atoms with Crippen LogP contribution in [0, 0.1) is 0 Å². The molecule has 9 heteroatoms. The molecule has 0 radical (unpaired) electrons. The number of urea groups is 1. The van der Waals surface area contributed by atoms with Gasteiger partial charge in [-0.15, -0.1) is 0 Å². The summed E-state index contributed by atoms with van der Waals surface area (Å²) in [5, 5.41) is 14.0. The van der Waals surface area contributed by atoms with Gasteiger partial charge in [-0.2, -0.15) is 8.78 Å². The molecular formula is C19H20F2N2O5. The van der Waals surface area contributed by atoms with Gasteiger partial charge in [0.05, 0.1) is 12.2 Å².